The molecular formula is C8H12F3N3O. The molecule has 0 fully saturated rings. The van der Waals surface area contributed by atoms with Crippen molar-refractivity contribution >= 4 is 0 Å². The van der Waals surface area contributed by atoms with Crippen molar-refractivity contribution in [1.29, 1.82) is 0 Å². The van der Waals surface area contributed by atoms with Gasteiger partial charge in [0, 0.05) is 0 Å². The van der Waals surface area contributed by atoms with Crippen LogP contribution in [0.25, 0.3) is 0 Å². The summed E-state index contributed by atoms with van der Waals surface area (Å²) in [5.41, 5.74) is 5.23. The van der Waals surface area contributed by atoms with E-state index in [1.54, 1.807) is 20.8 Å². The second kappa shape index (κ2) is 3.48. The first-order valence-electron chi connectivity index (χ1n) is 4.29. The Bertz CT molecular complexity index is 340. The van der Waals surface area contributed by atoms with E-state index in [-0.39, 0.29) is 5.89 Å². The summed E-state index contributed by atoms with van der Waals surface area (Å²) in [6.45, 7) is 5.32. The normalized spacial score (nSPS) is 15.4. The third kappa shape index (κ3) is 2.68. The van der Waals surface area contributed by atoms with E-state index in [2.05, 4.69) is 14.7 Å². The Kier molecular flexibility index (Phi) is 2.77. The summed E-state index contributed by atoms with van der Waals surface area (Å²) < 4.78 is 40.9. The van der Waals surface area contributed by atoms with Gasteiger partial charge >= 0.3 is 6.18 Å². The molecule has 0 aliphatic rings. The number of nitrogens with zero attached hydrogens (tertiary/aromatic N) is 2. The molecule has 0 aliphatic heterocycles. The molecule has 0 aliphatic carbocycles. The lowest BCUT2D eigenvalue weighted by molar-refractivity contribution is -0.146. The monoisotopic (exact) mass is 223 g/mol. The fraction of sp³-hybridized carbons (Fsp3) is 0.750. The maximum absolute atomic E-state index is 12.1. The molecular weight excluding hydrogens is 211 g/mol. The Morgan fingerprint density at radius 1 is 1.27 bits per heavy atom. The molecule has 0 aromatic carbocycles. The quantitative estimate of drug-likeness (QED) is 0.792. The van der Waals surface area contributed by atoms with Crippen LogP contribution in [0.5, 0.6) is 0 Å². The predicted molar refractivity (Wildman–Crippen MR) is 45.7 cm³/mol. The minimum atomic E-state index is -4.60. The molecule has 1 aromatic rings. The van der Waals surface area contributed by atoms with Gasteiger partial charge in [0.05, 0.1) is 6.04 Å². The Morgan fingerprint density at radius 3 is 2.13 bits per heavy atom. The highest BCUT2D eigenvalue weighted by Crippen LogP contribution is 2.32. The number of nitrogens with two attached hydrogens (primary N) is 1. The summed E-state index contributed by atoms with van der Waals surface area (Å²) in [5, 5.41) is 2.83. The van der Waals surface area contributed by atoms with Gasteiger partial charge in [0.1, 0.15) is 0 Å². The average molecular weight is 223 g/mol. The number of alkyl halides is 3. The second-order valence-corrected chi connectivity index (χ2v) is 4.30. The van der Waals surface area contributed by atoms with E-state index in [1.807, 2.05) is 0 Å². The fourth-order valence-corrected chi connectivity index (χ4v) is 0.847. The molecule has 2 N–H and O–H groups in total. The van der Waals surface area contributed by atoms with Gasteiger partial charge in [-0.05, 0) is 5.41 Å². The number of aromatic nitrogens is 2. The second-order valence-electron chi connectivity index (χ2n) is 4.30. The maximum atomic E-state index is 12.1. The number of halogens is 3. The van der Waals surface area contributed by atoms with Crippen molar-refractivity contribution in [3.63, 3.8) is 0 Å². The largest absolute Gasteiger partial charge is 0.455 e. The van der Waals surface area contributed by atoms with E-state index in [4.69, 9.17) is 5.73 Å². The van der Waals surface area contributed by atoms with Crippen molar-refractivity contribution < 1.29 is 17.7 Å². The van der Waals surface area contributed by atoms with E-state index in [1.165, 1.54) is 0 Å². The van der Waals surface area contributed by atoms with Gasteiger partial charge in [-0.15, -0.1) is 0 Å². The van der Waals surface area contributed by atoms with Crippen molar-refractivity contribution in [2.45, 2.75) is 33.0 Å². The molecule has 0 amide bonds. The topological polar surface area (TPSA) is 64.9 Å². The van der Waals surface area contributed by atoms with Crippen molar-refractivity contribution in [3.8, 4) is 0 Å². The zero-order valence-corrected chi connectivity index (χ0v) is 8.59. The summed E-state index contributed by atoms with van der Waals surface area (Å²) in [4.78, 5) is 3.22. The van der Waals surface area contributed by atoms with Crippen molar-refractivity contribution in [2.75, 3.05) is 0 Å². The molecule has 0 bridgehead atoms. The lowest BCUT2D eigenvalue weighted by Gasteiger charge is -2.23. The van der Waals surface area contributed by atoms with Gasteiger partial charge in [-0.25, -0.2) is 0 Å². The third-order valence-electron chi connectivity index (χ3n) is 1.89. The van der Waals surface area contributed by atoms with Gasteiger partial charge in [0.25, 0.3) is 5.82 Å². The molecule has 0 saturated heterocycles. The van der Waals surface area contributed by atoms with Crippen molar-refractivity contribution in [1.82, 2.24) is 10.1 Å². The molecule has 4 nitrogen and oxygen atoms in total. The van der Waals surface area contributed by atoms with Crippen LogP contribution in [0.2, 0.25) is 0 Å². The van der Waals surface area contributed by atoms with E-state index < -0.39 is 23.5 Å². The molecule has 15 heavy (non-hydrogen) atoms. The lowest BCUT2D eigenvalue weighted by atomic mass is 9.87. The molecule has 1 heterocycles. The summed E-state index contributed by atoms with van der Waals surface area (Å²) in [6, 6.07) is -0.721. The molecule has 86 valence electrons. The van der Waals surface area contributed by atoms with Gasteiger partial charge in [-0.3, -0.25) is 0 Å². The van der Waals surface area contributed by atoms with Gasteiger partial charge in [-0.1, -0.05) is 25.9 Å². The summed E-state index contributed by atoms with van der Waals surface area (Å²) in [6.07, 6.45) is -4.60. The Hall–Kier alpha value is -1.11. The highest BCUT2D eigenvalue weighted by atomic mass is 19.4. The molecule has 0 radical (unpaired) electrons. The SMILES string of the molecule is CC(C)(C)C(N)c1nc(C(F)(F)F)no1. The first-order chi connectivity index (χ1) is 6.62. The number of hydrogen-bond donors (Lipinski definition) is 1. The van der Waals surface area contributed by atoms with Crippen LogP contribution < -0.4 is 5.73 Å². The van der Waals surface area contributed by atoms with Gasteiger partial charge in [0.2, 0.25) is 5.89 Å². The lowest BCUT2D eigenvalue weighted by Crippen LogP contribution is -2.26. The van der Waals surface area contributed by atoms with E-state index >= 15 is 0 Å². The summed E-state index contributed by atoms with van der Waals surface area (Å²) in [7, 11) is 0. The maximum Gasteiger partial charge on any atom is 0.455 e. The van der Waals surface area contributed by atoms with Gasteiger partial charge < -0.3 is 10.3 Å². The minimum Gasteiger partial charge on any atom is -0.337 e. The van der Waals surface area contributed by atoms with Crippen LogP contribution in [0.1, 0.15) is 38.5 Å². The van der Waals surface area contributed by atoms with Crippen LogP contribution >= 0.6 is 0 Å². The predicted octanol–water partition coefficient (Wildman–Crippen LogP) is 2.13. The molecule has 1 unspecified atom stereocenters. The van der Waals surface area contributed by atoms with Gasteiger partial charge in [0.15, 0.2) is 0 Å². The summed E-state index contributed by atoms with van der Waals surface area (Å²) >= 11 is 0. The Labute approximate surface area is 84.6 Å². The first-order valence-corrected chi connectivity index (χ1v) is 4.29. The smallest absolute Gasteiger partial charge is 0.337 e. The summed E-state index contributed by atoms with van der Waals surface area (Å²) in [5.74, 6) is -1.49. The van der Waals surface area contributed by atoms with Crippen molar-refractivity contribution in [2.24, 2.45) is 11.1 Å². The molecule has 1 rings (SSSR count). The van der Waals surface area contributed by atoms with Crippen LogP contribution in [0.3, 0.4) is 0 Å². The standard InChI is InChI=1S/C8H12F3N3O/c1-7(2,3)4(12)5-13-6(14-15-5)8(9,10)11/h4H,12H2,1-3H3. The van der Waals surface area contributed by atoms with Crippen molar-refractivity contribution in [3.05, 3.63) is 11.7 Å². The Morgan fingerprint density at radius 2 is 1.80 bits per heavy atom. The highest BCUT2D eigenvalue weighted by Gasteiger charge is 2.39. The van der Waals surface area contributed by atoms with E-state index in [0.717, 1.165) is 0 Å². The van der Waals surface area contributed by atoms with Crippen LogP contribution in [0.15, 0.2) is 4.52 Å². The zero-order chi connectivity index (χ0) is 11.9. The number of hydrogen-bond acceptors (Lipinski definition) is 4. The Balaban J connectivity index is 2.95. The minimum absolute atomic E-state index is 0.199. The zero-order valence-electron chi connectivity index (χ0n) is 8.59. The van der Waals surface area contributed by atoms with Crippen LogP contribution in [0.4, 0.5) is 13.2 Å². The fourth-order valence-electron chi connectivity index (χ4n) is 0.847. The first kappa shape index (κ1) is 12.0. The van der Waals surface area contributed by atoms with Crippen LogP contribution in [-0.2, 0) is 6.18 Å². The van der Waals surface area contributed by atoms with E-state index in [9.17, 15) is 13.2 Å². The molecule has 0 spiro atoms. The number of rotatable bonds is 1. The van der Waals surface area contributed by atoms with Gasteiger partial charge in [-0.2, -0.15) is 18.2 Å². The van der Waals surface area contributed by atoms with Crippen LogP contribution in [-0.4, -0.2) is 10.1 Å². The molecule has 0 saturated carbocycles. The third-order valence-corrected chi connectivity index (χ3v) is 1.89. The highest BCUT2D eigenvalue weighted by molar-refractivity contribution is 4.98. The molecule has 7 heteroatoms. The molecule has 1 atom stereocenters. The average Bonchev–Trinajstić information content (AvgIpc) is 2.47. The van der Waals surface area contributed by atoms with Crippen LogP contribution in [0, 0.1) is 5.41 Å². The molecule has 1 aromatic heterocycles. The van der Waals surface area contributed by atoms with E-state index in [0.29, 0.717) is 0 Å².